The molecule has 1 aliphatic heterocycles. The molecule has 1 atom stereocenters. The highest BCUT2D eigenvalue weighted by molar-refractivity contribution is 6.01. The van der Waals surface area contributed by atoms with Crippen LogP contribution in [0, 0.1) is 0 Å². The smallest absolute Gasteiger partial charge is 0.255 e. The molecule has 0 bridgehead atoms. The lowest BCUT2D eigenvalue weighted by Crippen LogP contribution is -2.38. The molecule has 2 aromatic carbocycles. The van der Waals surface area contributed by atoms with Gasteiger partial charge in [-0.3, -0.25) is 4.79 Å². The predicted octanol–water partition coefficient (Wildman–Crippen LogP) is 2.25. The first-order valence-corrected chi connectivity index (χ1v) is 5.69. The summed E-state index contributed by atoms with van der Waals surface area (Å²) in [6.45, 7) is 0. The SMILES string of the molecule is O=C1N[C@H](c2cccc(O)c2)Nc2ccccc21. The lowest BCUT2D eigenvalue weighted by molar-refractivity contribution is 0.0935. The van der Waals surface area contributed by atoms with Crippen LogP contribution in [0.2, 0.25) is 0 Å². The van der Waals surface area contributed by atoms with Crippen LogP contribution in [-0.4, -0.2) is 11.0 Å². The number of amides is 1. The van der Waals surface area contributed by atoms with E-state index < -0.39 is 0 Å². The van der Waals surface area contributed by atoms with Crippen LogP contribution in [-0.2, 0) is 0 Å². The first-order chi connectivity index (χ1) is 8.74. The number of hydrogen-bond donors (Lipinski definition) is 3. The first kappa shape index (κ1) is 10.7. The molecular formula is C14H12N2O2. The van der Waals surface area contributed by atoms with Crippen molar-refractivity contribution in [2.75, 3.05) is 5.32 Å². The third-order valence-electron chi connectivity index (χ3n) is 2.95. The van der Waals surface area contributed by atoms with E-state index in [1.807, 2.05) is 24.3 Å². The van der Waals surface area contributed by atoms with Gasteiger partial charge in [0.05, 0.1) is 5.56 Å². The minimum atomic E-state index is -0.320. The fourth-order valence-corrected chi connectivity index (χ4v) is 2.08. The van der Waals surface area contributed by atoms with Gasteiger partial charge in [0.2, 0.25) is 0 Å². The summed E-state index contributed by atoms with van der Waals surface area (Å²) in [6, 6.07) is 14.2. The molecule has 3 N–H and O–H groups in total. The molecule has 0 saturated carbocycles. The Hall–Kier alpha value is -2.49. The van der Waals surface area contributed by atoms with E-state index in [2.05, 4.69) is 10.6 Å². The van der Waals surface area contributed by atoms with Gasteiger partial charge in [-0.05, 0) is 29.8 Å². The van der Waals surface area contributed by atoms with Crippen LogP contribution >= 0.6 is 0 Å². The number of phenols is 1. The zero-order valence-electron chi connectivity index (χ0n) is 9.55. The summed E-state index contributed by atoms with van der Waals surface area (Å²) >= 11 is 0. The van der Waals surface area contributed by atoms with Crippen LogP contribution in [0.5, 0.6) is 5.75 Å². The van der Waals surface area contributed by atoms with Crippen LogP contribution in [0.25, 0.3) is 0 Å². The Morgan fingerprint density at radius 1 is 1.00 bits per heavy atom. The van der Waals surface area contributed by atoms with Crippen molar-refractivity contribution in [1.82, 2.24) is 5.32 Å². The van der Waals surface area contributed by atoms with Crippen LogP contribution in [0.4, 0.5) is 5.69 Å². The van der Waals surface area contributed by atoms with E-state index in [-0.39, 0.29) is 17.8 Å². The molecule has 4 nitrogen and oxygen atoms in total. The fraction of sp³-hybridized carbons (Fsp3) is 0.0714. The summed E-state index contributed by atoms with van der Waals surface area (Å²) in [6.07, 6.45) is -0.320. The Bertz CT molecular complexity index is 610. The third kappa shape index (κ3) is 1.78. The van der Waals surface area contributed by atoms with Gasteiger partial charge in [0.25, 0.3) is 5.91 Å². The number of fused-ring (bicyclic) bond motifs is 1. The van der Waals surface area contributed by atoms with Gasteiger partial charge in [-0.2, -0.15) is 0 Å². The predicted molar refractivity (Wildman–Crippen MR) is 68.4 cm³/mol. The summed E-state index contributed by atoms with van der Waals surface area (Å²) in [5, 5.41) is 15.5. The molecule has 3 rings (SSSR count). The summed E-state index contributed by atoms with van der Waals surface area (Å²) in [4.78, 5) is 11.9. The van der Waals surface area contributed by atoms with Gasteiger partial charge in [-0.1, -0.05) is 24.3 Å². The molecule has 0 aliphatic carbocycles. The summed E-state index contributed by atoms with van der Waals surface area (Å²) in [7, 11) is 0. The van der Waals surface area contributed by atoms with E-state index >= 15 is 0 Å². The highest BCUT2D eigenvalue weighted by Gasteiger charge is 2.23. The molecule has 0 unspecified atom stereocenters. The standard InChI is InChI=1S/C14H12N2O2/c17-10-5-3-4-9(8-10)13-15-12-7-2-1-6-11(12)14(18)16-13/h1-8,13,15,17H,(H,16,18)/t13-/m1/s1. The van der Waals surface area contributed by atoms with Gasteiger partial charge in [-0.25, -0.2) is 0 Å². The Balaban J connectivity index is 1.97. The van der Waals surface area contributed by atoms with Crippen LogP contribution in [0.1, 0.15) is 22.1 Å². The van der Waals surface area contributed by atoms with Crippen LogP contribution in [0.15, 0.2) is 48.5 Å². The van der Waals surface area contributed by atoms with Crippen molar-refractivity contribution in [2.45, 2.75) is 6.17 Å². The van der Waals surface area contributed by atoms with E-state index in [0.717, 1.165) is 11.3 Å². The second kappa shape index (κ2) is 4.07. The summed E-state index contributed by atoms with van der Waals surface area (Å²) in [5.41, 5.74) is 2.25. The second-order valence-electron chi connectivity index (χ2n) is 4.19. The average molecular weight is 240 g/mol. The largest absolute Gasteiger partial charge is 0.508 e. The van der Waals surface area contributed by atoms with E-state index in [1.165, 1.54) is 0 Å². The number of para-hydroxylation sites is 1. The number of phenolic OH excluding ortho intramolecular Hbond substituents is 1. The number of benzene rings is 2. The molecule has 4 heteroatoms. The fourth-order valence-electron chi connectivity index (χ4n) is 2.08. The molecule has 0 aromatic heterocycles. The zero-order valence-corrected chi connectivity index (χ0v) is 9.55. The molecule has 1 amide bonds. The Kier molecular flexibility index (Phi) is 2.41. The Morgan fingerprint density at radius 2 is 1.83 bits per heavy atom. The number of carbonyl (C=O) groups is 1. The molecule has 2 aromatic rings. The maximum absolute atomic E-state index is 11.9. The van der Waals surface area contributed by atoms with Crippen molar-refractivity contribution < 1.29 is 9.90 Å². The topological polar surface area (TPSA) is 61.4 Å². The van der Waals surface area contributed by atoms with Crippen molar-refractivity contribution in [3.8, 4) is 5.75 Å². The highest BCUT2D eigenvalue weighted by atomic mass is 16.3. The number of nitrogens with one attached hydrogen (secondary N) is 2. The average Bonchev–Trinajstić information content (AvgIpc) is 2.39. The zero-order chi connectivity index (χ0) is 12.5. The van der Waals surface area contributed by atoms with Crippen molar-refractivity contribution in [1.29, 1.82) is 0 Å². The van der Waals surface area contributed by atoms with Gasteiger partial charge in [0.1, 0.15) is 11.9 Å². The lowest BCUT2D eigenvalue weighted by atomic mass is 10.1. The quantitative estimate of drug-likeness (QED) is 0.716. The lowest BCUT2D eigenvalue weighted by Gasteiger charge is -2.28. The molecule has 1 aliphatic rings. The molecule has 18 heavy (non-hydrogen) atoms. The van der Waals surface area contributed by atoms with Gasteiger partial charge >= 0.3 is 0 Å². The van der Waals surface area contributed by atoms with Gasteiger partial charge in [-0.15, -0.1) is 0 Å². The highest BCUT2D eigenvalue weighted by Crippen LogP contribution is 2.27. The van der Waals surface area contributed by atoms with Crippen molar-refractivity contribution in [2.24, 2.45) is 0 Å². The third-order valence-corrected chi connectivity index (χ3v) is 2.95. The minimum Gasteiger partial charge on any atom is -0.508 e. The van der Waals surface area contributed by atoms with Gasteiger partial charge in [0, 0.05) is 5.69 Å². The van der Waals surface area contributed by atoms with E-state index in [0.29, 0.717) is 5.56 Å². The van der Waals surface area contributed by atoms with Crippen molar-refractivity contribution in [3.63, 3.8) is 0 Å². The first-order valence-electron chi connectivity index (χ1n) is 5.69. The van der Waals surface area contributed by atoms with E-state index in [4.69, 9.17) is 0 Å². The molecule has 0 fully saturated rings. The number of carbonyl (C=O) groups excluding carboxylic acids is 1. The number of aromatic hydroxyl groups is 1. The number of rotatable bonds is 1. The molecule has 0 saturated heterocycles. The van der Waals surface area contributed by atoms with Gasteiger partial charge < -0.3 is 15.7 Å². The minimum absolute atomic E-state index is 0.113. The number of anilines is 1. The molecule has 0 radical (unpaired) electrons. The maximum Gasteiger partial charge on any atom is 0.255 e. The van der Waals surface area contributed by atoms with Crippen molar-refractivity contribution in [3.05, 3.63) is 59.7 Å². The number of hydrogen-bond acceptors (Lipinski definition) is 3. The molecular weight excluding hydrogens is 228 g/mol. The normalized spacial score (nSPS) is 17.6. The molecule has 1 heterocycles. The Labute approximate surface area is 104 Å². The van der Waals surface area contributed by atoms with Crippen LogP contribution in [0.3, 0.4) is 0 Å². The second-order valence-corrected chi connectivity index (χ2v) is 4.19. The molecule has 90 valence electrons. The van der Waals surface area contributed by atoms with E-state index in [9.17, 15) is 9.90 Å². The summed E-state index contributed by atoms with van der Waals surface area (Å²) < 4.78 is 0. The van der Waals surface area contributed by atoms with Gasteiger partial charge in [0.15, 0.2) is 0 Å². The molecule has 0 spiro atoms. The van der Waals surface area contributed by atoms with E-state index in [1.54, 1.807) is 24.3 Å². The Morgan fingerprint density at radius 3 is 2.67 bits per heavy atom. The maximum atomic E-state index is 11.9. The van der Waals surface area contributed by atoms with Crippen LogP contribution < -0.4 is 10.6 Å². The van der Waals surface area contributed by atoms with Crippen molar-refractivity contribution >= 4 is 11.6 Å². The monoisotopic (exact) mass is 240 g/mol. The summed E-state index contributed by atoms with van der Waals surface area (Å²) in [5.74, 6) is 0.0695.